The molecule has 20 heavy (non-hydrogen) atoms. The van der Waals surface area contributed by atoms with E-state index < -0.39 is 6.03 Å². The zero-order chi connectivity index (χ0) is 13.9. The fourth-order valence-electron chi connectivity index (χ4n) is 2.47. The summed E-state index contributed by atoms with van der Waals surface area (Å²) in [7, 11) is 0. The normalized spacial score (nSPS) is 20.0. The second kappa shape index (κ2) is 5.80. The lowest BCUT2D eigenvalue weighted by Gasteiger charge is -2.28. The number of carbonyl (C=O) groups is 1. The van der Waals surface area contributed by atoms with E-state index in [-0.39, 0.29) is 0 Å². The molecule has 1 aliphatic heterocycles. The molecule has 2 heterocycles. The van der Waals surface area contributed by atoms with Crippen LogP contribution in [-0.4, -0.2) is 60.5 Å². The summed E-state index contributed by atoms with van der Waals surface area (Å²) in [6.07, 6.45) is 2.38. The van der Waals surface area contributed by atoms with Crippen LogP contribution in [0, 0.1) is 0 Å². The molecule has 0 bridgehead atoms. The van der Waals surface area contributed by atoms with Crippen molar-refractivity contribution >= 4 is 11.8 Å². The number of ether oxygens (including phenoxy) is 1. The Labute approximate surface area is 118 Å². The molecule has 1 saturated carbocycles. The Hall–Kier alpha value is -1.60. The maximum atomic E-state index is 11.6. The van der Waals surface area contributed by atoms with Crippen LogP contribution in [0.1, 0.15) is 24.5 Å². The van der Waals surface area contributed by atoms with Crippen LogP contribution in [0.25, 0.3) is 0 Å². The number of hydrogen-bond donors (Lipinski definition) is 2. The molecular formula is C13H21N5O2. The number of rotatable bonds is 5. The summed E-state index contributed by atoms with van der Waals surface area (Å²) >= 11 is 0. The van der Waals surface area contributed by atoms with Crippen molar-refractivity contribution in [1.29, 1.82) is 0 Å². The second-order valence-electron chi connectivity index (χ2n) is 5.40. The molecule has 2 fully saturated rings. The minimum absolute atomic E-state index is 0.441. The first kappa shape index (κ1) is 13.4. The number of urea groups is 1. The topological polar surface area (TPSA) is 87.5 Å². The Morgan fingerprint density at radius 1 is 1.50 bits per heavy atom. The lowest BCUT2D eigenvalue weighted by molar-refractivity contribution is 0.0393. The summed E-state index contributed by atoms with van der Waals surface area (Å²) in [5.74, 6) is 1.27. The summed E-state index contributed by atoms with van der Waals surface area (Å²) in [5.41, 5.74) is 6.52. The van der Waals surface area contributed by atoms with Gasteiger partial charge in [0.15, 0.2) is 0 Å². The summed E-state index contributed by atoms with van der Waals surface area (Å²) in [6, 6.07) is 1.51. The van der Waals surface area contributed by atoms with Gasteiger partial charge < -0.3 is 10.5 Å². The number of primary amides is 1. The number of amides is 2. The van der Waals surface area contributed by atoms with Gasteiger partial charge in [-0.05, 0) is 12.8 Å². The average molecular weight is 279 g/mol. The highest BCUT2D eigenvalue weighted by molar-refractivity contribution is 5.89. The molecule has 110 valence electrons. The zero-order valence-electron chi connectivity index (χ0n) is 11.5. The quantitative estimate of drug-likeness (QED) is 0.822. The first-order chi connectivity index (χ1) is 9.74. The van der Waals surface area contributed by atoms with Gasteiger partial charge in [0.05, 0.1) is 18.9 Å². The van der Waals surface area contributed by atoms with Crippen LogP contribution < -0.4 is 10.6 Å². The highest BCUT2D eigenvalue weighted by atomic mass is 16.5. The number of morpholine rings is 1. The van der Waals surface area contributed by atoms with Crippen LogP contribution >= 0.6 is 0 Å². The number of carbonyl (C=O) groups excluding carboxylic acids is 1. The second-order valence-corrected chi connectivity index (χ2v) is 5.40. The van der Waals surface area contributed by atoms with Gasteiger partial charge >= 0.3 is 6.03 Å². The first-order valence-corrected chi connectivity index (χ1v) is 7.16. The minimum Gasteiger partial charge on any atom is -0.379 e. The lowest BCUT2D eigenvalue weighted by atomic mass is 10.3. The van der Waals surface area contributed by atoms with E-state index in [1.807, 2.05) is 6.07 Å². The Bertz CT molecular complexity index is 465. The third-order valence-corrected chi connectivity index (χ3v) is 3.88. The Morgan fingerprint density at radius 3 is 2.90 bits per heavy atom. The largest absolute Gasteiger partial charge is 0.379 e. The number of nitrogens with zero attached hydrogens (tertiary/aromatic N) is 3. The van der Waals surface area contributed by atoms with Gasteiger partial charge in [0, 0.05) is 38.2 Å². The molecule has 1 saturated heterocycles. The number of nitrogens with one attached hydrogen (secondary N) is 1. The third-order valence-electron chi connectivity index (χ3n) is 3.88. The molecule has 0 unspecified atom stereocenters. The standard InChI is InChI=1S/C13H21N5O2/c14-13(19)18(4-3-17-5-7-20-8-6-17)12-9-11(15-16-12)10-1-2-10/h9-10H,1-8H2,(H2,14,19)(H,15,16). The fourth-order valence-corrected chi connectivity index (χ4v) is 2.47. The molecule has 0 spiro atoms. The molecule has 1 aromatic heterocycles. The molecular weight excluding hydrogens is 258 g/mol. The van der Waals surface area contributed by atoms with Crippen molar-refractivity contribution in [3.05, 3.63) is 11.8 Å². The van der Waals surface area contributed by atoms with E-state index in [9.17, 15) is 4.79 Å². The molecule has 3 rings (SSSR count). The maximum Gasteiger partial charge on any atom is 0.320 e. The minimum atomic E-state index is -0.441. The number of H-pyrrole nitrogens is 1. The van der Waals surface area contributed by atoms with E-state index in [0.29, 0.717) is 18.3 Å². The van der Waals surface area contributed by atoms with E-state index in [1.54, 1.807) is 4.90 Å². The van der Waals surface area contributed by atoms with Crippen LogP contribution in [0.15, 0.2) is 6.07 Å². The Morgan fingerprint density at radius 2 is 2.25 bits per heavy atom. The molecule has 1 aliphatic carbocycles. The molecule has 0 aromatic carbocycles. The predicted molar refractivity (Wildman–Crippen MR) is 74.8 cm³/mol. The SMILES string of the molecule is NC(=O)N(CCN1CCOCC1)c1cc(C2CC2)n[nH]1. The highest BCUT2D eigenvalue weighted by Gasteiger charge is 2.27. The van der Waals surface area contributed by atoms with Gasteiger partial charge in [-0.15, -0.1) is 0 Å². The van der Waals surface area contributed by atoms with Crippen LogP contribution in [0.3, 0.4) is 0 Å². The van der Waals surface area contributed by atoms with E-state index in [0.717, 1.165) is 38.5 Å². The van der Waals surface area contributed by atoms with Gasteiger partial charge in [-0.2, -0.15) is 5.10 Å². The van der Waals surface area contributed by atoms with Gasteiger partial charge in [-0.3, -0.25) is 14.9 Å². The van der Waals surface area contributed by atoms with Crippen molar-refractivity contribution in [2.24, 2.45) is 5.73 Å². The summed E-state index contributed by atoms with van der Waals surface area (Å²) in [6.45, 7) is 4.69. The Kier molecular flexibility index (Phi) is 3.88. The average Bonchev–Trinajstić information content (AvgIpc) is 3.19. The maximum absolute atomic E-state index is 11.6. The summed E-state index contributed by atoms with van der Waals surface area (Å²) < 4.78 is 5.31. The molecule has 7 nitrogen and oxygen atoms in total. The molecule has 7 heteroatoms. The highest BCUT2D eigenvalue weighted by Crippen LogP contribution is 2.39. The van der Waals surface area contributed by atoms with Gasteiger partial charge in [-0.25, -0.2) is 4.79 Å². The summed E-state index contributed by atoms with van der Waals surface area (Å²) in [5, 5.41) is 7.20. The molecule has 3 N–H and O–H groups in total. The van der Waals surface area contributed by atoms with E-state index in [1.165, 1.54) is 12.8 Å². The van der Waals surface area contributed by atoms with Gasteiger partial charge in [0.25, 0.3) is 0 Å². The van der Waals surface area contributed by atoms with Crippen molar-refractivity contribution in [3.8, 4) is 0 Å². The third kappa shape index (κ3) is 3.10. The first-order valence-electron chi connectivity index (χ1n) is 7.16. The number of nitrogens with two attached hydrogens (primary N) is 1. The Balaban J connectivity index is 1.60. The van der Waals surface area contributed by atoms with Crippen molar-refractivity contribution < 1.29 is 9.53 Å². The van der Waals surface area contributed by atoms with Crippen LogP contribution in [0.4, 0.5) is 10.6 Å². The molecule has 2 aliphatic rings. The van der Waals surface area contributed by atoms with Crippen molar-refractivity contribution in [2.75, 3.05) is 44.3 Å². The number of aromatic nitrogens is 2. The zero-order valence-corrected chi connectivity index (χ0v) is 11.5. The van der Waals surface area contributed by atoms with E-state index >= 15 is 0 Å². The van der Waals surface area contributed by atoms with Crippen molar-refractivity contribution in [2.45, 2.75) is 18.8 Å². The van der Waals surface area contributed by atoms with E-state index in [4.69, 9.17) is 10.5 Å². The van der Waals surface area contributed by atoms with Crippen LogP contribution in [0.5, 0.6) is 0 Å². The number of anilines is 1. The smallest absolute Gasteiger partial charge is 0.320 e. The van der Waals surface area contributed by atoms with Gasteiger partial charge in [0.1, 0.15) is 5.82 Å². The summed E-state index contributed by atoms with van der Waals surface area (Å²) in [4.78, 5) is 15.5. The lowest BCUT2D eigenvalue weighted by Crippen LogP contribution is -2.45. The van der Waals surface area contributed by atoms with E-state index in [2.05, 4.69) is 15.1 Å². The fraction of sp³-hybridized carbons (Fsp3) is 0.692. The molecule has 0 atom stereocenters. The number of hydrogen-bond acceptors (Lipinski definition) is 4. The predicted octanol–water partition coefficient (Wildman–Crippen LogP) is 0.504. The van der Waals surface area contributed by atoms with Gasteiger partial charge in [0.2, 0.25) is 0 Å². The molecule has 2 amide bonds. The van der Waals surface area contributed by atoms with Crippen molar-refractivity contribution in [1.82, 2.24) is 15.1 Å². The molecule has 1 aromatic rings. The van der Waals surface area contributed by atoms with Crippen LogP contribution in [0.2, 0.25) is 0 Å². The molecule has 0 radical (unpaired) electrons. The van der Waals surface area contributed by atoms with Gasteiger partial charge in [-0.1, -0.05) is 0 Å². The number of aromatic amines is 1. The monoisotopic (exact) mass is 279 g/mol. The van der Waals surface area contributed by atoms with Crippen LogP contribution in [-0.2, 0) is 4.74 Å². The van der Waals surface area contributed by atoms with Crippen molar-refractivity contribution in [3.63, 3.8) is 0 Å².